The number of nitriles is 1. The predicted molar refractivity (Wildman–Crippen MR) is 79.1 cm³/mol. The van der Waals surface area contributed by atoms with Crippen LogP contribution in [0.3, 0.4) is 0 Å². The molecule has 0 saturated carbocycles. The summed E-state index contributed by atoms with van der Waals surface area (Å²) in [7, 11) is 0. The van der Waals surface area contributed by atoms with Crippen molar-refractivity contribution in [3.05, 3.63) is 27.2 Å². The molecule has 0 bridgehead atoms. The maximum atomic E-state index is 12.0. The fourth-order valence-electron chi connectivity index (χ4n) is 1.67. The van der Waals surface area contributed by atoms with Gasteiger partial charge in [0, 0.05) is 6.04 Å². The van der Waals surface area contributed by atoms with Gasteiger partial charge in [0.15, 0.2) is 0 Å². The van der Waals surface area contributed by atoms with Gasteiger partial charge in [0.25, 0.3) is 5.56 Å². The monoisotopic (exact) mass is 305 g/mol. The van der Waals surface area contributed by atoms with Crippen LogP contribution in [0, 0.1) is 25.2 Å². The number of aromatic nitrogens is 2. The Morgan fingerprint density at radius 3 is 2.59 bits per heavy atom. The molecule has 1 atom stereocenters. The first kappa shape index (κ1) is 17.4. The molecular weight excluding hydrogens is 286 g/mol. The Morgan fingerprint density at radius 2 is 2.05 bits per heavy atom. The van der Waals surface area contributed by atoms with Gasteiger partial charge in [-0.2, -0.15) is 10.4 Å². The average molecular weight is 305 g/mol. The summed E-state index contributed by atoms with van der Waals surface area (Å²) < 4.78 is 0.882. The van der Waals surface area contributed by atoms with E-state index in [4.69, 9.17) is 5.26 Å². The smallest absolute Gasteiger partial charge is 0.321 e. The summed E-state index contributed by atoms with van der Waals surface area (Å²) in [6.07, 6.45) is 0.727. The highest BCUT2D eigenvalue weighted by molar-refractivity contribution is 5.94. The zero-order valence-electron chi connectivity index (χ0n) is 13.1. The van der Waals surface area contributed by atoms with Crippen molar-refractivity contribution in [2.24, 2.45) is 0 Å². The van der Waals surface area contributed by atoms with Crippen LogP contribution >= 0.6 is 0 Å². The zero-order chi connectivity index (χ0) is 16.9. The maximum Gasteiger partial charge on any atom is 0.321 e. The molecule has 0 unspecified atom stereocenters. The van der Waals surface area contributed by atoms with E-state index in [1.54, 1.807) is 20.8 Å². The van der Waals surface area contributed by atoms with Crippen LogP contribution in [-0.4, -0.2) is 27.8 Å². The van der Waals surface area contributed by atoms with Crippen LogP contribution < -0.4 is 16.2 Å². The van der Waals surface area contributed by atoms with Gasteiger partial charge in [0.2, 0.25) is 5.91 Å². The number of urea groups is 1. The fourth-order valence-corrected chi connectivity index (χ4v) is 1.67. The van der Waals surface area contributed by atoms with Gasteiger partial charge in [0.05, 0.1) is 5.69 Å². The van der Waals surface area contributed by atoms with E-state index in [1.165, 1.54) is 0 Å². The normalized spacial score (nSPS) is 11.4. The number of carbonyl (C=O) groups excluding carboxylic acids is 2. The van der Waals surface area contributed by atoms with Gasteiger partial charge in [0.1, 0.15) is 18.2 Å². The number of rotatable bonds is 4. The highest BCUT2D eigenvalue weighted by atomic mass is 16.2. The van der Waals surface area contributed by atoms with Crippen LogP contribution in [0.25, 0.3) is 0 Å². The fraction of sp³-hybridized carbons (Fsp3) is 0.500. The van der Waals surface area contributed by atoms with Crippen LogP contribution in [0.1, 0.15) is 37.1 Å². The summed E-state index contributed by atoms with van der Waals surface area (Å²) in [6, 6.07) is 1.11. The second kappa shape index (κ2) is 7.36. The van der Waals surface area contributed by atoms with Crippen molar-refractivity contribution in [2.45, 2.75) is 46.7 Å². The van der Waals surface area contributed by atoms with Crippen LogP contribution in [-0.2, 0) is 11.3 Å². The molecule has 8 heteroatoms. The van der Waals surface area contributed by atoms with Crippen molar-refractivity contribution >= 4 is 11.9 Å². The molecule has 0 saturated heterocycles. The first-order valence-electron chi connectivity index (χ1n) is 6.88. The number of hydrogen-bond donors (Lipinski definition) is 2. The van der Waals surface area contributed by atoms with Crippen LogP contribution in [0.15, 0.2) is 4.79 Å². The standard InChI is InChI=1S/C14H19N5O3/c1-5-8(2)16-14(22)17-12(20)7-19-13(21)11(6-15)9(3)10(4)18-19/h8H,5,7H2,1-4H3,(H2,16,17,20,22)/t8-/m1/s1. The van der Waals surface area contributed by atoms with Crippen molar-refractivity contribution in [2.75, 3.05) is 0 Å². The number of carbonyl (C=O) groups is 2. The van der Waals surface area contributed by atoms with Crippen LogP contribution in [0.5, 0.6) is 0 Å². The number of hydrogen-bond acceptors (Lipinski definition) is 5. The third kappa shape index (κ3) is 4.15. The molecule has 1 heterocycles. The van der Waals surface area contributed by atoms with Gasteiger partial charge in [-0.25, -0.2) is 9.48 Å². The van der Waals surface area contributed by atoms with Crippen molar-refractivity contribution in [3.8, 4) is 6.07 Å². The minimum Gasteiger partial charge on any atom is -0.335 e. The van der Waals surface area contributed by atoms with E-state index in [2.05, 4.69) is 15.7 Å². The van der Waals surface area contributed by atoms with Gasteiger partial charge in [-0.05, 0) is 32.8 Å². The first-order valence-corrected chi connectivity index (χ1v) is 6.88. The highest BCUT2D eigenvalue weighted by Crippen LogP contribution is 2.04. The molecule has 1 aromatic heterocycles. The van der Waals surface area contributed by atoms with Gasteiger partial charge in [-0.3, -0.25) is 14.9 Å². The SMILES string of the molecule is CC[C@@H](C)NC(=O)NC(=O)Cn1nc(C)c(C)c(C#N)c1=O. The number of aryl methyl sites for hydroxylation is 1. The maximum absolute atomic E-state index is 12.0. The summed E-state index contributed by atoms with van der Waals surface area (Å²) in [4.78, 5) is 35.3. The highest BCUT2D eigenvalue weighted by Gasteiger charge is 2.15. The molecule has 0 aliphatic rings. The molecule has 0 aliphatic heterocycles. The lowest BCUT2D eigenvalue weighted by molar-refractivity contribution is -0.120. The first-order chi connectivity index (χ1) is 10.3. The summed E-state index contributed by atoms with van der Waals surface area (Å²) >= 11 is 0. The quantitative estimate of drug-likeness (QED) is 0.832. The lowest BCUT2D eigenvalue weighted by Gasteiger charge is -2.12. The van der Waals surface area contributed by atoms with E-state index < -0.39 is 24.0 Å². The van der Waals surface area contributed by atoms with E-state index in [0.29, 0.717) is 11.3 Å². The number of nitrogens with zero attached hydrogens (tertiary/aromatic N) is 3. The molecule has 2 N–H and O–H groups in total. The molecule has 1 aromatic rings. The summed E-state index contributed by atoms with van der Waals surface area (Å²) in [5.41, 5.74) is 0.263. The van der Waals surface area contributed by atoms with Crippen molar-refractivity contribution in [3.63, 3.8) is 0 Å². The number of amides is 3. The van der Waals surface area contributed by atoms with Gasteiger partial charge in [-0.15, -0.1) is 0 Å². The number of imide groups is 1. The third-order valence-electron chi connectivity index (χ3n) is 3.28. The molecule has 0 aliphatic carbocycles. The molecule has 0 fully saturated rings. The van der Waals surface area contributed by atoms with Crippen molar-refractivity contribution in [1.82, 2.24) is 20.4 Å². The van der Waals surface area contributed by atoms with Crippen LogP contribution in [0.2, 0.25) is 0 Å². The Morgan fingerprint density at radius 1 is 1.41 bits per heavy atom. The largest absolute Gasteiger partial charge is 0.335 e. The second-order valence-corrected chi connectivity index (χ2v) is 4.99. The van der Waals surface area contributed by atoms with Crippen molar-refractivity contribution < 1.29 is 9.59 Å². The Labute approximate surface area is 128 Å². The van der Waals surface area contributed by atoms with E-state index in [0.717, 1.165) is 11.1 Å². The Balaban J connectivity index is 2.86. The summed E-state index contributed by atoms with van der Waals surface area (Å²) in [5, 5.41) is 17.7. The third-order valence-corrected chi connectivity index (χ3v) is 3.28. The minimum atomic E-state index is -0.678. The zero-order valence-corrected chi connectivity index (χ0v) is 13.1. The lowest BCUT2D eigenvalue weighted by Crippen LogP contribution is -2.45. The molecule has 118 valence electrons. The molecular formula is C14H19N5O3. The lowest BCUT2D eigenvalue weighted by atomic mass is 10.1. The molecule has 0 aromatic carbocycles. The van der Waals surface area contributed by atoms with Gasteiger partial charge < -0.3 is 5.32 Å². The van der Waals surface area contributed by atoms with E-state index in [-0.39, 0.29) is 11.6 Å². The molecule has 0 radical (unpaired) electrons. The Kier molecular flexibility index (Phi) is 5.81. The van der Waals surface area contributed by atoms with Crippen molar-refractivity contribution in [1.29, 1.82) is 5.26 Å². The Hall–Kier alpha value is -2.69. The number of nitrogens with one attached hydrogen (secondary N) is 2. The van der Waals surface area contributed by atoms with Crippen LogP contribution in [0.4, 0.5) is 4.79 Å². The molecule has 3 amide bonds. The molecule has 0 spiro atoms. The predicted octanol–water partition coefficient (Wildman–Crippen LogP) is 0.356. The minimum absolute atomic E-state index is 0.0515. The second-order valence-electron chi connectivity index (χ2n) is 4.99. The summed E-state index contributed by atoms with van der Waals surface area (Å²) in [5.74, 6) is -0.678. The molecule has 8 nitrogen and oxygen atoms in total. The van der Waals surface area contributed by atoms with Gasteiger partial charge >= 0.3 is 6.03 Å². The van der Waals surface area contributed by atoms with E-state index in [9.17, 15) is 14.4 Å². The topological polar surface area (TPSA) is 117 Å². The summed E-state index contributed by atoms with van der Waals surface area (Å²) in [6.45, 7) is 6.53. The average Bonchev–Trinajstić information content (AvgIpc) is 2.44. The molecule has 22 heavy (non-hydrogen) atoms. The van der Waals surface area contributed by atoms with E-state index >= 15 is 0 Å². The van der Waals surface area contributed by atoms with Gasteiger partial charge in [-0.1, -0.05) is 6.92 Å². The molecule has 1 rings (SSSR count). The Bertz CT molecular complexity index is 687. The van der Waals surface area contributed by atoms with E-state index in [1.807, 2.05) is 13.0 Å².